The first-order valence-electron chi connectivity index (χ1n) is 11.7. The molecule has 182 valence electrons. The molecule has 0 spiro atoms. The maximum atomic E-state index is 14.5. The zero-order valence-corrected chi connectivity index (χ0v) is 19.9. The minimum atomic E-state index is -0.874. The molecule has 2 aromatic heterocycles. The second kappa shape index (κ2) is 9.34. The minimum Gasteiger partial charge on any atom is -0.507 e. The monoisotopic (exact) mass is 484 g/mol. The first-order chi connectivity index (χ1) is 17.4. The Hall–Kier alpha value is -4.39. The van der Waals surface area contributed by atoms with Crippen LogP contribution in [-0.4, -0.2) is 27.2 Å². The zero-order valence-electron chi connectivity index (χ0n) is 19.9. The molecule has 1 atom stereocenters. The van der Waals surface area contributed by atoms with E-state index in [1.54, 1.807) is 50.4 Å². The van der Waals surface area contributed by atoms with Crippen LogP contribution in [0.15, 0.2) is 77.6 Å². The van der Waals surface area contributed by atoms with Gasteiger partial charge in [-0.05, 0) is 48.4 Å². The van der Waals surface area contributed by atoms with Crippen LogP contribution < -0.4 is 5.56 Å². The van der Waals surface area contributed by atoms with Gasteiger partial charge in [-0.2, -0.15) is 0 Å². The van der Waals surface area contributed by atoms with E-state index in [0.717, 1.165) is 10.9 Å². The Kier molecular flexibility index (Phi) is 6.06. The number of aromatic hydroxyl groups is 1. The second-order valence-corrected chi connectivity index (χ2v) is 8.68. The molecule has 5 aromatic rings. The summed E-state index contributed by atoms with van der Waals surface area (Å²) in [7, 11) is 1.64. The highest BCUT2D eigenvalue weighted by Gasteiger charge is 2.31. The quantitative estimate of drug-likeness (QED) is 0.327. The fourth-order valence-electron chi connectivity index (χ4n) is 4.94. The highest BCUT2D eigenvalue weighted by molar-refractivity contribution is 5.90. The SMILES string of the molecule is CCOC(=O)Cc1c(C(c2cccc(F)c2)c2c(O)c3ccccc3n(C)c2=O)[nH]c2ccccc12. The molecule has 0 saturated heterocycles. The maximum absolute atomic E-state index is 14.5. The average Bonchev–Trinajstić information content (AvgIpc) is 3.23. The summed E-state index contributed by atoms with van der Waals surface area (Å²) in [6, 6.07) is 20.5. The van der Waals surface area contributed by atoms with Gasteiger partial charge in [0, 0.05) is 29.0 Å². The van der Waals surface area contributed by atoms with Crippen LogP contribution in [0, 0.1) is 5.82 Å². The number of ether oxygens (including phenoxy) is 1. The molecule has 2 heterocycles. The van der Waals surface area contributed by atoms with Crippen LogP contribution in [0.2, 0.25) is 0 Å². The van der Waals surface area contributed by atoms with Gasteiger partial charge in [0.05, 0.1) is 30.0 Å². The van der Waals surface area contributed by atoms with E-state index in [-0.39, 0.29) is 24.3 Å². The number of aromatic amines is 1. The van der Waals surface area contributed by atoms with Crippen molar-refractivity contribution in [3.05, 3.63) is 111 Å². The molecule has 6 nitrogen and oxygen atoms in total. The first kappa shape index (κ1) is 23.4. The van der Waals surface area contributed by atoms with Crippen molar-refractivity contribution in [3.63, 3.8) is 0 Å². The fourth-order valence-corrected chi connectivity index (χ4v) is 4.94. The van der Waals surface area contributed by atoms with Crippen molar-refractivity contribution in [2.24, 2.45) is 7.05 Å². The van der Waals surface area contributed by atoms with E-state index in [1.807, 2.05) is 24.3 Å². The number of nitrogens with one attached hydrogen (secondary N) is 1. The van der Waals surface area contributed by atoms with Crippen molar-refractivity contribution < 1.29 is 19.0 Å². The zero-order chi connectivity index (χ0) is 25.4. The molecule has 0 fully saturated rings. The van der Waals surface area contributed by atoms with Crippen LogP contribution in [-0.2, 0) is 23.0 Å². The van der Waals surface area contributed by atoms with E-state index in [2.05, 4.69) is 4.98 Å². The lowest BCUT2D eigenvalue weighted by atomic mass is 9.85. The number of carbonyl (C=O) groups excluding carboxylic acids is 1. The van der Waals surface area contributed by atoms with Gasteiger partial charge in [0.25, 0.3) is 5.56 Å². The Labute approximate surface area is 206 Å². The van der Waals surface area contributed by atoms with Gasteiger partial charge in [-0.3, -0.25) is 9.59 Å². The predicted octanol–water partition coefficient (Wildman–Crippen LogP) is 5.15. The van der Waals surface area contributed by atoms with E-state index in [0.29, 0.717) is 27.7 Å². The van der Waals surface area contributed by atoms with E-state index in [4.69, 9.17) is 4.74 Å². The predicted molar refractivity (Wildman–Crippen MR) is 137 cm³/mol. The number of hydrogen-bond acceptors (Lipinski definition) is 4. The average molecular weight is 485 g/mol. The van der Waals surface area contributed by atoms with Crippen molar-refractivity contribution in [3.8, 4) is 5.75 Å². The Bertz CT molecular complexity index is 1670. The molecular formula is C29H25FN2O4. The normalized spacial score (nSPS) is 12.2. The number of benzene rings is 3. The standard InChI is InChI=1S/C29H25FN2O4/c1-3-36-24(33)16-21-19-11-4-6-13-22(19)31-27(21)25(17-9-8-10-18(30)15-17)26-28(34)20-12-5-7-14-23(20)32(2)29(26)35/h4-15,25,31,34H,3,16H2,1-2H3. The van der Waals surface area contributed by atoms with Crippen LogP contribution in [0.5, 0.6) is 5.75 Å². The number of fused-ring (bicyclic) bond motifs is 2. The second-order valence-electron chi connectivity index (χ2n) is 8.68. The number of aromatic nitrogens is 2. The highest BCUT2D eigenvalue weighted by Crippen LogP contribution is 2.41. The molecule has 0 aliphatic heterocycles. The summed E-state index contributed by atoms with van der Waals surface area (Å²) in [6.45, 7) is 1.97. The largest absolute Gasteiger partial charge is 0.507 e. The first-order valence-corrected chi connectivity index (χ1v) is 11.7. The van der Waals surface area contributed by atoms with Gasteiger partial charge in [-0.1, -0.05) is 42.5 Å². The van der Waals surface area contributed by atoms with Crippen LogP contribution >= 0.6 is 0 Å². The molecule has 2 N–H and O–H groups in total. The van der Waals surface area contributed by atoms with E-state index in [1.165, 1.54) is 16.7 Å². The molecule has 0 bridgehead atoms. The van der Waals surface area contributed by atoms with Gasteiger partial charge in [-0.25, -0.2) is 4.39 Å². The van der Waals surface area contributed by atoms with Gasteiger partial charge in [0.15, 0.2) is 0 Å². The molecule has 0 aliphatic rings. The molecule has 0 saturated carbocycles. The number of hydrogen-bond donors (Lipinski definition) is 2. The molecule has 0 amide bonds. The molecule has 3 aromatic carbocycles. The number of H-pyrrole nitrogens is 1. The molecule has 36 heavy (non-hydrogen) atoms. The Balaban J connectivity index is 1.87. The van der Waals surface area contributed by atoms with Gasteiger partial charge in [0.1, 0.15) is 11.6 Å². The number of nitrogens with zero attached hydrogens (tertiary/aromatic N) is 1. The Morgan fingerprint density at radius 1 is 1.06 bits per heavy atom. The van der Waals surface area contributed by atoms with E-state index < -0.39 is 23.3 Å². The van der Waals surface area contributed by atoms with Gasteiger partial charge < -0.3 is 19.4 Å². The summed E-state index contributed by atoms with van der Waals surface area (Å²) >= 11 is 0. The summed E-state index contributed by atoms with van der Waals surface area (Å²) in [5, 5.41) is 12.7. The fraction of sp³-hybridized carbons (Fsp3) is 0.172. The van der Waals surface area contributed by atoms with Crippen molar-refractivity contribution in [2.75, 3.05) is 6.61 Å². The van der Waals surface area contributed by atoms with E-state index >= 15 is 0 Å². The maximum Gasteiger partial charge on any atom is 0.310 e. The summed E-state index contributed by atoms with van der Waals surface area (Å²) in [5.74, 6) is -1.95. The van der Waals surface area contributed by atoms with Crippen molar-refractivity contribution >= 4 is 27.8 Å². The van der Waals surface area contributed by atoms with E-state index in [9.17, 15) is 19.1 Å². The number of esters is 1. The highest BCUT2D eigenvalue weighted by atomic mass is 19.1. The minimum absolute atomic E-state index is 0.0480. The van der Waals surface area contributed by atoms with Crippen LogP contribution in [0.3, 0.4) is 0 Å². The van der Waals surface area contributed by atoms with Crippen LogP contribution in [0.1, 0.15) is 35.2 Å². The van der Waals surface area contributed by atoms with Gasteiger partial charge in [-0.15, -0.1) is 0 Å². The number of carbonyl (C=O) groups is 1. The van der Waals surface area contributed by atoms with Gasteiger partial charge >= 0.3 is 5.97 Å². The smallest absolute Gasteiger partial charge is 0.310 e. The summed E-state index contributed by atoms with van der Waals surface area (Å²) in [4.78, 5) is 29.7. The third-order valence-electron chi connectivity index (χ3n) is 6.54. The Morgan fingerprint density at radius 3 is 2.53 bits per heavy atom. The number of rotatable bonds is 6. The molecule has 5 rings (SSSR count). The number of halogens is 1. The van der Waals surface area contributed by atoms with Crippen molar-refractivity contribution in [1.82, 2.24) is 9.55 Å². The number of aryl methyl sites for hydroxylation is 1. The third kappa shape index (κ3) is 3.92. The lowest BCUT2D eigenvalue weighted by molar-refractivity contribution is -0.142. The number of pyridine rings is 1. The van der Waals surface area contributed by atoms with Crippen LogP contribution in [0.4, 0.5) is 4.39 Å². The molecule has 7 heteroatoms. The number of para-hydroxylation sites is 2. The van der Waals surface area contributed by atoms with Crippen LogP contribution in [0.25, 0.3) is 21.8 Å². The molecule has 0 aliphatic carbocycles. The van der Waals surface area contributed by atoms with Crippen molar-refractivity contribution in [1.29, 1.82) is 0 Å². The Morgan fingerprint density at radius 2 is 1.78 bits per heavy atom. The molecular weight excluding hydrogens is 459 g/mol. The summed E-state index contributed by atoms with van der Waals surface area (Å²) in [5.41, 5.74) is 2.63. The summed E-state index contributed by atoms with van der Waals surface area (Å²) in [6.07, 6.45) is -0.0480. The molecule has 0 radical (unpaired) electrons. The summed E-state index contributed by atoms with van der Waals surface area (Å²) < 4.78 is 21.2. The molecule has 1 unspecified atom stereocenters. The third-order valence-corrected chi connectivity index (χ3v) is 6.54. The van der Waals surface area contributed by atoms with Gasteiger partial charge in [0.2, 0.25) is 0 Å². The topological polar surface area (TPSA) is 84.3 Å². The lowest BCUT2D eigenvalue weighted by Crippen LogP contribution is -2.25. The van der Waals surface area contributed by atoms with Crippen molar-refractivity contribution in [2.45, 2.75) is 19.3 Å². The lowest BCUT2D eigenvalue weighted by Gasteiger charge is -2.22.